The zero-order valence-electron chi connectivity index (χ0n) is 7.40. The van der Waals surface area contributed by atoms with Gasteiger partial charge in [0.25, 0.3) is 0 Å². The van der Waals surface area contributed by atoms with E-state index in [9.17, 15) is 9.59 Å². The number of aliphatic carboxylic acids is 1. The molecule has 13 heavy (non-hydrogen) atoms. The van der Waals surface area contributed by atoms with Crippen LogP contribution in [-0.4, -0.2) is 22.6 Å². The van der Waals surface area contributed by atoms with Gasteiger partial charge in [0.15, 0.2) is 0 Å². The zero-order chi connectivity index (χ0) is 9.84. The molecule has 1 rings (SSSR count). The van der Waals surface area contributed by atoms with Crippen LogP contribution in [0.3, 0.4) is 0 Å². The molecule has 2 atom stereocenters. The summed E-state index contributed by atoms with van der Waals surface area (Å²) in [6.45, 7) is 0. The van der Waals surface area contributed by atoms with Crippen molar-refractivity contribution in [1.82, 2.24) is 0 Å². The van der Waals surface area contributed by atoms with Gasteiger partial charge in [-0.25, -0.2) is 0 Å². The van der Waals surface area contributed by atoms with E-state index < -0.39 is 11.9 Å². The predicted octanol–water partition coefficient (Wildman–Crippen LogP) is 1.38. The summed E-state index contributed by atoms with van der Waals surface area (Å²) in [5.74, 6) is -0.922. The van der Waals surface area contributed by atoms with E-state index in [-0.39, 0.29) is 11.7 Å². The fourth-order valence-corrected chi connectivity index (χ4v) is 2.16. The molecule has 0 aromatic rings. The van der Waals surface area contributed by atoms with Crippen molar-refractivity contribution in [2.45, 2.75) is 25.7 Å². The van der Waals surface area contributed by atoms with Crippen LogP contribution in [0.2, 0.25) is 0 Å². The van der Waals surface area contributed by atoms with Crippen molar-refractivity contribution in [2.24, 2.45) is 11.8 Å². The molecule has 74 valence electrons. The number of carbonyl (C=O) groups excluding carboxylic acids is 1. The van der Waals surface area contributed by atoms with Crippen LogP contribution in [0.25, 0.3) is 0 Å². The van der Waals surface area contributed by atoms with Gasteiger partial charge in [-0.05, 0) is 18.6 Å². The molecule has 0 spiro atoms. The van der Waals surface area contributed by atoms with Crippen molar-refractivity contribution < 1.29 is 14.7 Å². The van der Waals surface area contributed by atoms with Gasteiger partial charge in [0, 0.05) is 12.3 Å². The summed E-state index contributed by atoms with van der Waals surface area (Å²) >= 11 is 3.97. The quantitative estimate of drug-likeness (QED) is 0.677. The molecule has 1 saturated carbocycles. The number of hydrogen-bond donors (Lipinski definition) is 2. The molecule has 0 saturated heterocycles. The summed E-state index contributed by atoms with van der Waals surface area (Å²) in [7, 11) is 0. The second kappa shape index (κ2) is 4.65. The molecule has 0 aromatic carbocycles. The first-order valence-electron chi connectivity index (χ1n) is 4.53. The summed E-state index contributed by atoms with van der Waals surface area (Å²) in [5, 5.41) is 8.83. The highest BCUT2D eigenvalue weighted by Gasteiger charge is 2.36. The molecule has 0 aromatic heterocycles. The fourth-order valence-electron chi connectivity index (χ4n) is 1.94. The van der Waals surface area contributed by atoms with E-state index in [4.69, 9.17) is 5.11 Å². The molecule has 0 unspecified atom stereocenters. The van der Waals surface area contributed by atoms with E-state index in [1.165, 1.54) is 0 Å². The zero-order valence-corrected chi connectivity index (χ0v) is 8.30. The number of Topliss-reactive ketones (excluding diaryl/α,β-unsaturated/α-hetero) is 1. The molecule has 1 aliphatic rings. The van der Waals surface area contributed by atoms with Crippen molar-refractivity contribution in [3.63, 3.8) is 0 Å². The van der Waals surface area contributed by atoms with Gasteiger partial charge in [-0.15, -0.1) is 0 Å². The molecule has 1 N–H and O–H groups in total. The van der Waals surface area contributed by atoms with E-state index >= 15 is 0 Å². The predicted molar refractivity (Wildman–Crippen MR) is 51.9 cm³/mol. The van der Waals surface area contributed by atoms with E-state index in [0.29, 0.717) is 18.6 Å². The lowest BCUT2D eigenvalue weighted by Crippen LogP contribution is -2.25. The van der Waals surface area contributed by atoms with Gasteiger partial charge in [0.1, 0.15) is 5.78 Å². The van der Waals surface area contributed by atoms with Crippen LogP contribution < -0.4 is 0 Å². The summed E-state index contributed by atoms with van der Waals surface area (Å²) in [6.07, 6.45) is 2.65. The van der Waals surface area contributed by atoms with E-state index in [2.05, 4.69) is 12.6 Å². The lowest BCUT2D eigenvalue weighted by Gasteiger charge is -2.13. The summed E-state index contributed by atoms with van der Waals surface area (Å²) in [6, 6.07) is 0. The number of hydrogen-bond acceptors (Lipinski definition) is 3. The Kier molecular flexibility index (Phi) is 3.78. The van der Waals surface area contributed by atoms with Crippen LogP contribution in [0.1, 0.15) is 25.7 Å². The van der Waals surface area contributed by atoms with Gasteiger partial charge >= 0.3 is 5.97 Å². The maximum Gasteiger partial charge on any atom is 0.307 e. The Morgan fingerprint density at radius 3 is 2.46 bits per heavy atom. The Morgan fingerprint density at radius 1 is 1.31 bits per heavy atom. The van der Waals surface area contributed by atoms with E-state index in [1.807, 2.05) is 0 Å². The molecular formula is C9H14O3S. The Morgan fingerprint density at radius 2 is 1.92 bits per heavy atom. The number of carboxylic acid groups (broad SMARTS) is 1. The smallest absolute Gasteiger partial charge is 0.307 e. The van der Waals surface area contributed by atoms with Crippen LogP contribution in [0.5, 0.6) is 0 Å². The Bertz CT molecular complexity index is 215. The number of carboxylic acids is 1. The Labute approximate surface area is 82.9 Å². The second-order valence-corrected chi connectivity index (χ2v) is 3.87. The lowest BCUT2D eigenvalue weighted by molar-refractivity contribution is -0.145. The topological polar surface area (TPSA) is 54.4 Å². The van der Waals surface area contributed by atoms with Crippen LogP contribution in [0.15, 0.2) is 0 Å². The minimum atomic E-state index is -0.824. The van der Waals surface area contributed by atoms with Crippen molar-refractivity contribution >= 4 is 24.4 Å². The highest BCUT2D eigenvalue weighted by Crippen LogP contribution is 2.33. The summed E-state index contributed by atoms with van der Waals surface area (Å²) in [5.41, 5.74) is 0. The normalized spacial score (nSPS) is 27.5. The SMILES string of the molecule is O=C(O)[C@H]1CCC[C@@H]1C(=O)CCS. The van der Waals surface area contributed by atoms with Crippen LogP contribution in [0.4, 0.5) is 0 Å². The first-order chi connectivity index (χ1) is 6.16. The summed E-state index contributed by atoms with van der Waals surface area (Å²) < 4.78 is 0. The first kappa shape index (κ1) is 10.6. The molecule has 0 amide bonds. The molecule has 1 fully saturated rings. The van der Waals surface area contributed by atoms with Gasteiger partial charge in [0.2, 0.25) is 0 Å². The van der Waals surface area contributed by atoms with Crippen LogP contribution in [-0.2, 0) is 9.59 Å². The highest BCUT2D eigenvalue weighted by molar-refractivity contribution is 7.80. The molecule has 0 heterocycles. The van der Waals surface area contributed by atoms with Crippen molar-refractivity contribution in [1.29, 1.82) is 0 Å². The number of rotatable bonds is 4. The molecule has 0 aliphatic heterocycles. The molecule has 1 aliphatic carbocycles. The van der Waals surface area contributed by atoms with E-state index in [1.54, 1.807) is 0 Å². The minimum Gasteiger partial charge on any atom is -0.481 e. The van der Waals surface area contributed by atoms with Crippen molar-refractivity contribution in [3.8, 4) is 0 Å². The molecule has 0 radical (unpaired) electrons. The third-order valence-corrected chi connectivity index (χ3v) is 2.83. The van der Waals surface area contributed by atoms with Gasteiger partial charge < -0.3 is 5.11 Å². The maximum atomic E-state index is 11.4. The number of carbonyl (C=O) groups is 2. The molecule has 0 bridgehead atoms. The minimum absolute atomic E-state index is 0.0694. The van der Waals surface area contributed by atoms with E-state index in [0.717, 1.165) is 12.8 Å². The maximum absolute atomic E-state index is 11.4. The number of ketones is 1. The fraction of sp³-hybridized carbons (Fsp3) is 0.778. The number of thiol groups is 1. The van der Waals surface area contributed by atoms with Gasteiger partial charge in [-0.1, -0.05) is 6.42 Å². The average Bonchev–Trinajstić information content (AvgIpc) is 2.52. The average molecular weight is 202 g/mol. The second-order valence-electron chi connectivity index (χ2n) is 3.42. The monoisotopic (exact) mass is 202 g/mol. The summed E-state index contributed by atoms with van der Waals surface area (Å²) in [4.78, 5) is 22.2. The highest BCUT2D eigenvalue weighted by atomic mass is 32.1. The molecular weight excluding hydrogens is 188 g/mol. The van der Waals surface area contributed by atoms with Crippen LogP contribution >= 0.6 is 12.6 Å². The van der Waals surface area contributed by atoms with Crippen molar-refractivity contribution in [3.05, 3.63) is 0 Å². The lowest BCUT2D eigenvalue weighted by atomic mass is 9.91. The first-order valence-corrected chi connectivity index (χ1v) is 5.16. The third kappa shape index (κ3) is 2.46. The molecule has 4 heteroatoms. The standard InChI is InChI=1S/C9H14O3S/c10-8(4-5-13)6-2-1-3-7(6)9(11)12/h6-7,13H,1-5H2,(H,11,12)/t6-,7-/m0/s1. The Balaban J connectivity index is 2.57. The van der Waals surface area contributed by atoms with Crippen LogP contribution in [0, 0.1) is 11.8 Å². The third-order valence-electron chi connectivity index (χ3n) is 2.60. The van der Waals surface area contributed by atoms with Crippen molar-refractivity contribution in [2.75, 3.05) is 5.75 Å². The largest absolute Gasteiger partial charge is 0.481 e. The van der Waals surface area contributed by atoms with Gasteiger partial charge in [0.05, 0.1) is 5.92 Å². The molecule has 3 nitrogen and oxygen atoms in total. The Hall–Kier alpha value is -0.510. The van der Waals surface area contributed by atoms with Gasteiger partial charge in [-0.3, -0.25) is 9.59 Å². The van der Waals surface area contributed by atoms with Gasteiger partial charge in [-0.2, -0.15) is 12.6 Å².